The zero-order valence-electron chi connectivity index (χ0n) is 19.8. The maximum atomic E-state index is 12.6. The maximum Gasteiger partial charge on any atom is 0.291 e. The van der Waals surface area contributed by atoms with E-state index in [4.69, 9.17) is 14.2 Å². The lowest BCUT2D eigenvalue weighted by atomic mass is 9.84. The molecule has 2 aliphatic carbocycles. The molecular formula is C29H28FNO5. The number of fused-ring (bicyclic) bond motifs is 3. The number of hydrogen-bond acceptors (Lipinski definition) is 6. The van der Waals surface area contributed by atoms with Crippen molar-refractivity contribution in [3.05, 3.63) is 112 Å². The molecular weight excluding hydrogens is 461 g/mol. The van der Waals surface area contributed by atoms with Gasteiger partial charge in [-0.15, -0.1) is 0 Å². The molecule has 186 valence electrons. The van der Waals surface area contributed by atoms with Crippen molar-refractivity contribution < 1.29 is 28.8 Å². The van der Waals surface area contributed by atoms with Gasteiger partial charge in [0.1, 0.15) is 30.1 Å². The normalized spacial score (nSPS) is 23.5. The van der Waals surface area contributed by atoms with Crippen LogP contribution in [0.2, 0.25) is 0 Å². The summed E-state index contributed by atoms with van der Waals surface area (Å²) in [6, 6.07) is 7.89. The van der Waals surface area contributed by atoms with Crippen LogP contribution in [0.15, 0.2) is 106 Å². The third-order valence-electron chi connectivity index (χ3n) is 7.16. The second kappa shape index (κ2) is 9.39. The van der Waals surface area contributed by atoms with Gasteiger partial charge in [0.15, 0.2) is 5.76 Å². The monoisotopic (exact) mass is 489 g/mol. The lowest BCUT2D eigenvalue weighted by molar-refractivity contribution is 0.0668. The van der Waals surface area contributed by atoms with Gasteiger partial charge in [0.25, 0.3) is 5.95 Å². The number of alkyl halides is 1. The Labute approximate surface area is 209 Å². The smallest absolute Gasteiger partial charge is 0.291 e. The fourth-order valence-corrected chi connectivity index (χ4v) is 5.22. The van der Waals surface area contributed by atoms with Crippen molar-refractivity contribution in [3.63, 3.8) is 0 Å². The largest absolute Gasteiger partial charge is 0.504 e. The van der Waals surface area contributed by atoms with E-state index >= 15 is 0 Å². The van der Waals surface area contributed by atoms with Gasteiger partial charge in [-0.3, -0.25) is 9.29 Å². The van der Waals surface area contributed by atoms with E-state index in [-0.39, 0.29) is 30.2 Å². The van der Waals surface area contributed by atoms with E-state index in [2.05, 4.69) is 4.90 Å². The summed E-state index contributed by atoms with van der Waals surface area (Å²) in [5, 5.41) is 21.6. The molecule has 0 amide bonds. The van der Waals surface area contributed by atoms with E-state index in [1.54, 1.807) is 0 Å². The highest BCUT2D eigenvalue weighted by molar-refractivity contribution is 5.68. The Balaban J connectivity index is 1.18. The fraction of sp³-hybridized carbons (Fsp3) is 0.310. The molecule has 1 aromatic carbocycles. The summed E-state index contributed by atoms with van der Waals surface area (Å²) in [7, 11) is 0. The first kappa shape index (κ1) is 22.7. The molecule has 6 nitrogen and oxygen atoms in total. The molecule has 3 heterocycles. The molecule has 7 heteroatoms. The number of aliphatic hydroxyl groups excluding tert-OH is 2. The topological polar surface area (TPSA) is 71.4 Å². The van der Waals surface area contributed by atoms with Crippen molar-refractivity contribution in [2.75, 3.05) is 32.9 Å². The lowest BCUT2D eigenvalue weighted by Crippen LogP contribution is -2.49. The van der Waals surface area contributed by atoms with Crippen molar-refractivity contribution in [3.8, 4) is 5.75 Å². The molecule has 0 aromatic heterocycles. The minimum atomic E-state index is -0.248. The molecule has 6 rings (SSSR count). The molecule has 0 bridgehead atoms. The van der Waals surface area contributed by atoms with Crippen LogP contribution in [0.4, 0.5) is 4.39 Å². The van der Waals surface area contributed by atoms with Crippen LogP contribution < -0.4 is 4.74 Å². The number of aliphatic hydroxyl groups is 2. The summed E-state index contributed by atoms with van der Waals surface area (Å²) in [5.41, 5.74) is 3.42. The van der Waals surface area contributed by atoms with Gasteiger partial charge < -0.3 is 24.4 Å². The predicted octanol–water partition coefficient (Wildman–Crippen LogP) is 5.63. The second-order valence-electron chi connectivity index (χ2n) is 9.58. The number of halogens is 1. The molecule has 2 N–H and O–H groups in total. The van der Waals surface area contributed by atoms with E-state index in [1.165, 1.54) is 6.26 Å². The first-order valence-electron chi connectivity index (χ1n) is 12.3. The minimum absolute atomic E-state index is 0.0495. The Morgan fingerprint density at radius 2 is 1.89 bits per heavy atom. The Hall–Kier alpha value is -3.71. The predicted molar refractivity (Wildman–Crippen MR) is 133 cm³/mol. The van der Waals surface area contributed by atoms with Gasteiger partial charge in [-0.05, 0) is 30.2 Å². The molecule has 5 aliphatic rings. The summed E-state index contributed by atoms with van der Waals surface area (Å²) in [4.78, 5) is 2.19. The third kappa shape index (κ3) is 4.13. The lowest BCUT2D eigenvalue weighted by Gasteiger charge is -2.37. The Kier molecular flexibility index (Phi) is 5.93. The molecule has 0 saturated carbocycles. The fourth-order valence-electron chi connectivity index (χ4n) is 5.22. The molecule has 1 saturated heterocycles. The van der Waals surface area contributed by atoms with Crippen molar-refractivity contribution >= 4 is 0 Å². The first-order chi connectivity index (χ1) is 17.6. The van der Waals surface area contributed by atoms with Crippen LogP contribution in [-0.4, -0.2) is 48.0 Å². The van der Waals surface area contributed by atoms with E-state index in [1.807, 2.05) is 54.6 Å². The third-order valence-corrected chi connectivity index (χ3v) is 7.16. The molecule has 1 aromatic rings. The van der Waals surface area contributed by atoms with Gasteiger partial charge in [0.05, 0.1) is 12.2 Å². The van der Waals surface area contributed by atoms with Gasteiger partial charge in [0, 0.05) is 54.6 Å². The van der Waals surface area contributed by atoms with Crippen molar-refractivity contribution in [1.82, 2.24) is 4.90 Å². The van der Waals surface area contributed by atoms with E-state index in [0.717, 1.165) is 42.9 Å². The highest BCUT2D eigenvalue weighted by Crippen LogP contribution is 2.45. The number of likely N-dealkylation sites (tertiary alicyclic amines) is 1. The zero-order valence-corrected chi connectivity index (χ0v) is 19.8. The molecule has 3 aliphatic heterocycles. The van der Waals surface area contributed by atoms with Gasteiger partial charge in [-0.2, -0.15) is 0 Å². The number of ether oxygens (including phenoxy) is 3. The Morgan fingerprint density at radius 3 is 2.69 bits per heavy atom. The van der Waals surface area contributed by atoms with E-state index < -0.39 is 0 Å². The van der Waals surface area contributed by atoms with Crippen LogP contribution >= 0.6 is 0 Å². The number of benzene rings is 1. The zero-order chi connectivity index (χ0) is 24.6. The maximum absolute atomic E-state index is 12.6. The van der Waals surface area contributed by atoms with Crippen LogP contribution in [-0.2, 0) is 9.47 Å². The van der Waals surface area contributed by atoms with E-state index in [0.29, 0.717) is 41.3 Å². The molecule has 0 spiro atoms. The Bertz CT molecular complexity index is 1270. The van der Waals surface area contributed by atoms with E-state index in [9.17, 15) is 14.6 Å². The van der Waals surface area contributed by atoms with Crippen molar-refractivity contribution in [1.29, 1.82) is 0 Å². The van der Waals surface area contributed by atoms with Crippen LogP contribution in [0.1, 0.15) is 24.3 Å². The molecule has 1 atom stereocenters. The number of nitrogens with zero attached hydrogens (tertiary/aromatic N) is 1. The summed E-state index contributed by atoms with van der Waals surface area (Å²) >= 11 is 0. The standard InChI is InChI=1S/C29H28FNO5/c30-14-18-15-31(16-18)11-12-34-21-8-5-19(6-9-21)20-7-10-23-26(13-20)36-29(33)28-22-3-1-2-4-25(22)35-17-24(32)27(23)28/h1,3,5-10,13,17-18,20,32-33H,2,4,11-12,14-16H2/t20-/m1/s1. The van der Waals surface area contributed by atoms with Crippen LogP contribution in [0.5, 0.6) is 5.75 Å². The second-order valence-corrected chi connectivity index (χ2v) is 9.58. The highest BCUT2D eigenvalue weighted by Gasteiger charge is 2.35. The summed E-state index contributed by atoms with van der Waals surface area (Å²) in [6.07, 6.45) is 12.7. The molecule has 0 radical (unpaired) electrons. The first-order valence-corrected chi connectivity index (χ1v) is 12.3. The number of hydrogen-bond donors (Lipinski definition) is 2. The average Bonchev–Trinajstić information content (AvgIpc) is 3.03. The van der Waals surface area contributed by atoms with Crippen LogP contribution in [0, 0.1) is 5.92 Å². The van der Waals surface area contributed by atoms with Crippen LogP contribution in [0.3, 0.4) is 0 Å². The quantitative estimate of drug-likeness (QED) is 0.539. The minimum Gasteiger partial charge on any atom is -0.504 e. The summed E-state index contributed by atoms with van der Waals surface area (Å²) in [5.74, 6) is 1.80. The van der Waals surface area contributed by atoms with Gasteiger partial charge in [-0.25, -0.2) is 0 Å². The SMILES string of the molecule is OC1=COC2=C(C=CCC2)C2=C(O)OC3=C[C@H](c4ccc(OCCN5CC(CF)C5)cc4)C=CC3=C12. The van der Waals surface area contributed by atoms with Gasteiger partial charge in [-0.1, -0.05) is 36.4 Å². The Morgan fingerprint density at radius 1 is 1.06 bits per heavy atom. The van der Waals surface area contributed by atoms with Gasteiger partial charge in [0.2, 0.25) is 0 Å². The molecule has 36 heavy (non-hydrogen) atoms. The highest BCUT2D eigenvalue weighted by atomic mass is 19.1. The average molecular weight is 490 g/mol. The van der Waals surface area contributed by atoms with Crippen LogP contribution in [0.25, 0.3) is 0 Å². The van der Waals surface area contributed by atoms with Crippen molar-refractivity contribution in [2.45, 2.75) is 18.8 Å². The summed E-state index contributed by atoms with van der Waals surface area (Å²) in [6.45, 7) is 2.74. The van der Waals surface area contributed by atoms with Gasteiger partial charge >= 0.3 is 0 Å². The molecule has 0 unspecified atom stereocenters. The summed E-state index contributed by atoms with van der Waals surface area (Å²) < 4.78 is 30.0. The number of allylic oxidation sites excluding steroid dienone is 8. The van der Waals surface area contributed by atoms with Crippen molar-refractivity contribution in [2.24, 2.45) is 5.92 Å². The molecule has 1 fully saturated rings. The number of rotatable bonds is 6.